The minimum Gasteiger partial charge on any atom is -0.455 e. The van der Waals surface area contributed by atoms with Crippen molar-refractivity contribution in [1.29, 1.82) is 0 Å². The Balaban J connectivity index is 1.77. The molecule has 0 radical (unpaired) electrons. The van der Waals surface area contributed by atoms with Gasteiger partial charge in [0.15, 0.2) is 11.5 Å². The number of anilines is 2. The highest BCUT2D eigenvalue weighted by atomic mass is 16.4. The van der Waals surface area contributed by atoms with Gasteiger partial charge < -0.3 is 15.1 Å². The third-order valence-corrected chi connectivity index (χ3v) is 5.03. The number of hydrogen-bond acceptors (Lipinski definition) is 4. The van der Waals surface area contributed by atoms with Crippen LogP contribution in [0.1, 0.15) is 57.1 Å². The van der Waals surface area contributed by atoms with Crippen LogP contribution in [-0.4, -0.2) is 18.2 Å². The SMILES string of the molecule is Cc1c(C(=O)N2CCCc3c(N)cccc32)oc2c1C(=O)CCC2. The first-order valence-electron chi connectivity index (χ1n) is 8.42. The summed E-state index contributed by atoms with van der Waals surface area (Å²) in [5.41, 5.74) is 9.95. The Hall–Kier alpha value is -2.56. The Kier molecular flexibility index (Phi) is 3.44. The van der Waals surface area contributed by atoms with Crippen LogP contribution in [0.2, 0.25) is 0 Å². The lowest BCUT2D eigenvalue weighted by Crippen LogP contribution is -2.36. The van der Waals surface area contributed by atoms with Gasteiger partial charge in [0.1, 0.15) is 5.76 Å². The molecule has 5 nitrogen and oxygen atoms in total. The Bertz CT molecular complexity index is 851. The van der Waals surface area contributed by atoms with Gasteiger partial charge in [-0.2, -0.15) is 0 Å². The molecule has 1 aromatic carbocycles. The second-order valence-corrected chi connectivity index (χ2v) is 6.54. The maximum absolute atomic E-state index is 13.1. The number of rotatable bonds is 1. The van der Waals surface area contributed by atoms with Crippen molar-refractivity contribution in [2.45, 2.75) is 39.0 Å². The van der Waals surface area contributed by atoms with E-state index < -0.39 is 0 Å². The van der Waals surface area contributed by atoms with Gasteiger partial charge in [-0.15, -0.1) is 0 Å². The molecule has 1 aliphatic carbocycles. The monoisotopic (exact) mass is 324 g/mol. The largest absolute Gasteiger partial charge is 0.455 e. The van der Waals surface area contributed by atoms with Gasteiger partial charge in [0, 0.05) is 36.3 Å². The van der Waals surface area contributed by atoms with Crippen LogP contribution in [0.4, 0.5) is 11.4 Å². The third-order valence-electron chi connectivity index (χ3n) is 5.03. The fraction of sp³-hybridized carbons (Fsp3) is 0.368. The average molecular weight is 324 g/mol. The van der Waals surface area contributed by atoms with Crippen LogP contribution in [0.25, 0.3) is 0 Å². The van der Waals surface area contributed by atoms with Gasteiger partial charge in [0.05, 0.1) is 5.56 Å². The lowest BCUT2D eigenvalue weighted by molar-refractivity contribution is 0.0947. The molecule has 0 spiro atoms. The van der Waals surface area contributed by atoms with Crippen LogP contribution >= 0.6 is 0 Å². The molecule has 2 heterocycles. The molecule has 2 aromatic rings. The Morgan fingerprint density at radius 3 is 2.83 bits per heavy atom. The van der Waals surface area contributed by atoms with Crippen molar-refractivity contribution < 1.29 is 14.0 Å². The number of aryl methyl sites for hydroxylation is 1. The molecule has 0 saturated carbocycles. The first-order chi connectivity index (χ1) is 11.6. The number of nitrogens with zero attached hydrogens (tertiary/aromatic N) is 1. The van der Waals surface area contributed by atoms with Crippen molar-refractivity contribution >= 4 is 23.1 Å². The van der Waals surface area contributed by atoms with E-state index in [1.54, 1.807) is 4.90 Å². The summed E-state index contributed by atoms with van der Waals surface area (Å²) in [5.74, 6) is 0.864. The van der Waals surface area contributed by atoms with Crippen LogP contribution in [0, 0.1) is 6.92 Å². The lowest BCUT2D eigenvalue weighted by Gasteiger charge is -2.29. The zero-order valence-corrected chi connectivity index (χ0v) is 13.7. The van der Waals surface area contributed by atoms with Gasteiger partial charge in [0.25, 0.3) is 5.91 Å². The summed E-state index contributed by atoms with van der Waals surface area (Å²) in [7, 11) is 0. The summed E-state index contributed by atoms with van der Waals surface area (Å²) in [4.78, 5) is 27.0. The number of ketones is 1. The van der Waals surface area contributed by atoms with Gasteiger partial charge in [-0.3, -0.25) is 9.59 Å². The fourth-order valence-electron chi connectivity index (χ4n) is 3.84. The number of hydrogen-bond donors (Lipinski definition) is 1. The molecule has 124 valence electrons. The highest BCUT2D eigenvalue weighted by Crippen LogP contribution is 2.35. The number of nitrogens with two attached hydrogens (primary N) is 1. The van der Waals surface area contributed by atoms with Crippen molar-refractivity contribution in [3.8, 4) is 0 Å². The van der Waals surface area contributed by atoms with Crippen LogP contribution in [0.15, 0.2) is 22.6 Å². The number of benzene rings is 1. The van der Waals surface area contributed by atoms with Crippen molar-refractivity contribution in [3.63, 3.8) is 0 Å². The van der Waals surface area contributed by atoms with E-state index in [2.05, 4.69) is 0 Å². The Morgan fingerprint density at radius 2 is 2.04 bits per heavy atom. The zero-order valence-electron chi connectivity index (χ0n) is 13.7. The molecule has 5 heteroatoms. The van der Waals surface area contributed by atoms with E-state index in [0.29, 0.717) is 35.6 Å². The van der Waals surface area contributed by atoms with Crippen molar-refractivity contribution in [1.82, 2.24) is 0 Å². The van der Waals surface area contributed by atoms with E-state index >= 15 is 0 Å². The highest BCUT2D eigenvalue weighted by molar-refractivity contribution is 6.09. The number of Topliss-reactive ketones (excluding diaryl/α,β-unsaturated/α-hetero) is 1. The maximum atomic E-state index is 13.1. The van der Waals surface area contributed by atoms with Gasteiger partial charge in [-0.05, 0) is 43.9 Å². The van der Waals surface area contributed by atoms with E-state index in [4.69, 9.17) is 10.2 Å². The van der Waals surface area contributed by atoms with Crippen molar-refractivity contribution in [3.05, 3.63) is 46.4 Å². The minimum absolute atomic E-state index is 0.0832. The summed E-state index contributed by atoms with van der Waals surface area (Å²) in [6.07, 6.45) is 3.78. The van der Waals surface area contributed by atoms with E-state index in [1.165, 1.54) is 0 Å². The number of amides is 1. The normalized spacial score (nSPS) is 16.7. The lowest BCUT2D eigenvalue weighted by atomic mass is 9.93. The third kappa shape index (κ3) is 2.15. The highest BCUT2D eigenvalue weighted by Gasteiger charge is 2.32. The molecule has 24 heavy (non-hydrogen) atoms. The fourth-order valence-corrected chi connectivity index (χ4v) is 3.84. The standard InChI is InChI=1S/C19H20N2O3/c1-11-17-15(22)8-3-9-16(17)24-18(11)19(23)21-10-4-5-12-13(20)6-2-7-14(12)21/h2,6-7H,3-5,8-10,20H2,1H3. The van der Waals surface area contributed by atoms with E-state index in [-0.39, 0.29) is 11.7 Å². The van der Waals surface area contributed by atoms with Gasteiger partial charge >= 0.3 is 0 Å². The molecule has 2 aliphatic rings. The molecule has 1 aromatic heterocycles. The number of furan rings is 1. The van der Waals surface area contributed by atoms with Gasteiger partial charge in [-0.25, -0.2) is 0 Å². The summed E-state index contributed by atoms with van der Waals surface area (Å²) in [6.45, 7) is 2.44. The number of carbonyl (C=O) groups is 2. The number of carbonyl (C=O) groups excluding carboxylic acids is 2. The molecular formula is C19H20N2O3. The average Bonchev–Trinajstić information content (AvgIpc) is 2.92. The first-order valence-corrected chi connectivity index (χ1v) is 8.42. The van der Waals surface area contributed by atoms with Crippen molar-refractivity contribution in [2.24, 2.45) is 0 Å². The topological polar surface area (TPSA) is 76.5 Å². The summed E-state index contributed by atoms with van der Waals surface area (Å²) in [5, 5.41) is 0. The van der Waals surface area contributed by atoms with Crippen LogP contribution < -0.4 is 10.6 Å². The molecule has 0 saturated heterocycles. The molecule has 0 fully saturated rings. The predicted octanol–water partition coefficient (Wildman–Crippen LogP) is 3.28. The van der Waals surface area contributed by atoms with Gasteiger partial charge in [0.2, 0.25) is 0 Å². The zero-order chi connectivity index (χ0) is 16.8. The molecular weight excluding hydrogens is 304 g/mol. The van der Waals surface area contributed by atoms with Crippen LogP contribution in [0.3, 0.4) is 0 Å². The summed E-state index contributed by atoms with van der Waals surface area (Å²) < 4.78 is 5.82. The molecule has 0 unspecified atom stereocenters. The summed E-state index contributed by atoms with van der Waals surface area (Å²) in [6, 6.07) is 5.65. The van der Waals surface area contributed by atoms with Crippen LogP contribution in [0.5, 0.6) is 0 Å². The van der Waals surface area contributed by atoms with E-state index in [1.807, 2.05) is 25.1 Å². The Labute approximate surface area is 140 Å². The van der Waals surface area contributed by atoms with Crippen LogP contribution in [-0.2, 0) is 12.8 Å². The Morgan fingerprint density at radius 1 is 1.21 bits per heavy atom. The quantitative estimate of drug-likeness (QED) is 0.817. The second-order valence-electron chi connectivity index (χ2n) is 6.54. The molecule has 0 atom stereocenters. The molecule has 1 amide bonds. The number of nitrogen functional groups attached to an aromatic ring is 1. The van der Waals surface area contributed by atoms with E-state index in [0.717, 1.165) is 42.6 Å². The minimum atomic E-state index is -0.179. The number of fused-ring (bicyclic) bond motifs is 2. The second kappa shape index (κ2) is 5.51. The molecule has 0 bridgehead atoms. The van der Waals surface area contributed by atoms with E-state index in [9.17, 15) is 9.59 Å². The molecule has 1 aliphatic heterocycles. The molecule has 4 rings (SSSR count). The first kappa shape index (κ1) is 15.0. The smallest absolute Gasteiger partial charge is 0.294 e. The van der Waals surface area contributed by atoms with Gasteiger partial charge in [-0.1, -0.05) is 6.07 Å². The molecule has 2 N–H and O–H groups in total. The van der Waals surface area contributed by atoms with Crippen molar-refractivity contribution in [2.75, 3.05) is 17.2 Å². The predicted molar refractivity (Wildman–Crippen MR) is 91.6 cm³/mol. The summed E-state index contributed by atoms with van der Waals surface area (Å²) >= 11 is 0. The maximum Gasteiger partial charge on any atom is 0.294 e.